The van der Waals surface area contributed by atoms with Crippen molar-refractivity contribution in [3.63, 3.8) is 0 Å². The molecule has 0 aromatic carbocycles. The van der Waals surface area contributed by atoms with Crippen LogP contribution in [0.2, 0.25) is 0 Å². The Morgan fingerprint density at radius 1 is 1.44 bits per heavy atom. The molecule has 1 fully saturated rings. The van der Waals surface area contributed by atoms with E-state index in [1.54, 1.807) is 0 Å². The summed E-state index contributed by atoms with van der Waals surface area (Å²) in [5.74, 6) is 3.00. The molecule has 1 unspecified atom stereocenters. The van der Waals surface area contributed by atoms with E-state index < -0.39 is 0 Å². The van der Waals surface area contributed by atoms with Crippen LogP contribution in [0.4, 0.5) is 0 Å². The molecule has 1 N–H and O–H groups in total. The summed E-state index contributed by atoms with van der Waals surface area (Å²) < 4.78 is 5.62. The number of amidine groups is 1. The molecule has 0 bridgehead atoms. The van der Waals surface area contributed by atoms with Crippen LogP contribution in [0.5, 0.6) is 0 Å². The maximum atomic E-state index is 5.62. The summed E-state index contributed by atoms with van der Waals surface area (Å²) in [5.41, 5.74) is 0.238. The van der Waals surface area contributed by atoms with Crippen molar-refractivity contribution in [2.45, 2.75) is 52.1 Å². The minimum atomic E-state index is 0.0817. The zero-order chi connectivity index (χ0) is 13.2. The molecule has 1 aliphatic heterocycles. The van der Waals surface area contributed by atoms with Crippen molar-refractivity contribution in [1.82, 2.24) is 5.32 Å². The molecule has 2 rings (SSSR count). The number of thioether (sulfide) groups is 1. The van der Waals surface area contributed by atoms with Gasteiger partial charge in [-0.15, -0.1) is 0 Å². The Labute approximate surface area is 113 Å². The van der Waals surface area contributed by atoms with Gasteiger partial charge in [0.2, 0.25) is 0 Å². The van der Waals surface area contributed by atoms with Gasteiger partial charge in [0.15, 0.2) is 5.17 Å². The monoisotopic (exact) mass is 266 g/mol. The fourth-order valence-corrected chi connectivity index (χ4v) is 3.54. The molecule has 1 aromatic rings. The van der Waals surface area contributed by atoms with Crippen LogP contribution in [0.15, 0.2) is 21.5 Å². The van der Waals surface area contributed by atoms with Gasteiger partial charge in [0.1, 0.15) is 17.6 Å². The van der Waals surface area contributed by atoms with Crippen molar-refractivity contribution in [2.75, 3.05) is 5.75 Å². The van der Waals surface area contributed by atoms with Crippen LogP contribution >= 0.6 is 11.8 Å². The molecule has 1 aromatic heterocycles. The number of hydrogen-bond donors (Lipinski definition) is 1. The number of nitrogens with zero attached hydrogens (tertiary/aromatic N) is 1. The van der Waals surface area contributed by atoms with Crippen molar-refractivity contribution in [3.05, 3.63) is 23.7 Å². The van der Waals surface area contributed by atoms with Gasteiger partial charge >= 0.3 is 0 Å². The molecule has 0 spiro atoms. The van der Waals surface area contributed by atoms with Crippen LogP contribution in [0.3, 0.4) is 0 Å². The highest BCUT2D eigenvalue weighted by molar-refractivity contribution is 8.14. The highest BCUT2D eigenvalue weighted by atomic mass is 32.2. The Morgan fingerprint density at radius 3 is 2.67 bits per heavy atom. The SMILES string of the molecule is CCC1(CC)CSC(=NC(C)c2ccc(C)o2)N1. The highest BCUT2D eigenvalue weighted by Crippen LogP contribution is 2.30. The molecule has 0 saturated carbocycles. The standard InChI is InChI=1S/C14H22N2OS/c1-5-14(6-2)9-18-13(16-14)15-11(4)12-8-7-10(3)17-12/h7-8,11H,5-6,9H2,1-4H3,(H,15,16). The van der Waals surface area contributed by atoms with Gasteiger partial charge in [-0.1, -0.05) is 25.6 Å². The average Bonchev–Trinajstić information content (AvgIpc) is 2.96. The second-order valence-corrected chi connectivity index (χ2v) is 5.92. The van der Waals surface area contributed by atoms with Crippen molar-refractivity contribution >= 4 is 16.9 Å². The second-order valence-electron chi connectivity index (χ2n) is 4.96. The van der Waals surface area contributed by atoms with Gasteiger partial charge < -0.3 is 9.73 Å². The van der Waals surface area contributed by atoms with Crippen LogP contribution in [-0.4, -0.2) is 16.5 Å². The van der Waals surface area contributed by atoms with E-state index in [4.69, 9.17) is 9.41 Å². The van der Waals surface area contributed by atoms with Gasteiger partial charge in [-0.3, -0.25) is 4.99 Å². The summed E-state index contributed by atoms with van der Waals surface area (Å²) in [5, 5.41) is 4.64. The third-order valence-corrected chi connectivity index (χ3v) is 4.87. The number of nitrogens with one attached hydrogen (secondary N) is 1. The Hall–Kier alpha value is -0.900. The van der Waals surface area contributed by atoms with Gasteiger partial charge in [0.05, 0.1) is 0 Å². The first-order chi connectivity index (χ1) is 8.58. The maximum Gasteiger partial charge on any atom is 0.157 e. The zero-order valence-electron chi connectivity index (χ0n) is 11.6. The topological polar surface area (TPSA) is 37.5 Å². The molecule has 18 heavy (non-hydrogen) atoms. The minimum Gasteiger partial charge on any atom is -0.464 e. The fraction of sp³-hybridized carbons (Fsp3) is 0.643. The lowest BCUT2D eigenvalue weighted by molar-refractivity contribution is 0.406. The summed E-state index contributed by atoms with van der Waals surface area (Å²) in [4.78, 5) is 4.73. The van der Waals surface area contributed by atoms with E-state index in [9.17, 15) is 0 Å². The molecule has 100 valence electrons. The summed E-state index contributed by atoms with van der Waals surface area (Å²) in [6, 6.07) is 4.08. The lowest BCUT2D eigenvalue weighted by atomic mass is 9.96. The molecular weight excluding hydrogens is 244 g/mol. The molecule has 1 atom stereocenters. The molecule has 4 heteroatoms. The first-order valence-electron chi connectivity index (χ1n) is 6.63. The second kappa shape index (κ2) is 5.39. The number of aryl methyl sites for hydroxylation is 1. The van der Waals surface area contributed by atoms with Gasteiger partial charge in [0.25, 0.3) is 0 Å². The normalized spacial score (nSPS) is 22.1. The number of hydrogen-bond acceptors (Lipinski definition) is 3. The van der Waals surface area contributed by atoms with Gasteiger partial charge in [-0.05, 0) is 38.8 Å². The molecule has 0 radical (unpaired) electrons. The summed E-state index contributed by atoms with van der Waals surface area (Å²) in [6.07, 6.45) is 2.29. The Balaban J connectivity index is 2.07. The van der Waals surface area contributed by atoms with Crippen LogP contribution in [0, 0.1) is 6.92 Å². The molecule has 1 aliphatic rings. The molecule has 0 amide bonds. The number of aliphatic imine (C=N–C) groups is 1. The maximum absolute atomic E-state index is 5.62. The lowest BCUT2D eigenvalue weighted by Gasteiger charge is -2.25. The number of rotatable bonds is 4. The largest absolute Gasteiger partial charge is 0.464 e. The molecule has 1 saturated heterocycles. The Bertz CT molecular complexity index is 435. The van der Waals surface area contributed by atoms with E-state index in [0.717, 1.165) is 35.3 Å². The predicted molar refractivity (Wildman–Crippen MR) is 78.2 cm³/mol. The van der Waals surface area contributed by atoms with E-state index >= 15 is 0 Å². The summed E-state index contributed by atoms with van der Waals surface area (Å²) in [7, 11) is 0. The minimum absolute atomic E-state index is 0.0817. The van der Waals surface area contributed by atoms with Gasteiger partial charge in [-0.2, -0.15) is 0 Å². The quantitative estimate of drug-likeness (QED) is 0.898. The number of furan rings is 1. The van der Waals surface area contributed by atoms with Crippen LogP contribution in [0.1, 0.15) is 51.2 Å². The van der Waals surface area contributed by atoms with E-state index in [1.807, 2.05) is 30.8 Å². The van der Waals surface area contributed by atoms with E-state index in [-0.39, 0.29) is 11.6 Å². The molecular formula is C14H22N2OS. The molecule has 3 nitrogen and oxygen atoms in total. The third-order valence-electron chi connectivity index (χ3n) is 3.69. The lowest BCUT2D eigenvalue weighted by Crippen LogP contribution is -2.42. The first kappa shape index (κ1) is 13.5. The van der Waals surface area contributed by atoms with Gasteiger partial charge in [-0.25, -0.2) is 0 Å². The van der Waals surface area contributed by atoms with Crippen molar-refractivity contribution in [3.8, 4) is 0 Å². The zero-order valence-corrected chi connectivity index (χ0v) is 12.4. The third kappa shape index (κ3) is 2.74. The highest BCUT2D eigenvalue weighted by Gasteiger charge is 2.34. The molecule has 0 aliphatic carbocycles. The predicted octanol–water partition coefficient (Wildman–Crippen LogP) is 3.90. The Kier molecular flexibility index (Phi) is 4.05. The fourth-order valence-electron chi connectivity index (χ4n) is 2.12. The van der Waals surface area contributed by atoms with Crippen LogP contribution in [0.25, 0.3) is 0 Å². The van der Waals surface area contributed by atoms with E-state index in [1.165, 1.54) is 0 Å². The van der Waals surface area contributed by atoms with Crippen LogP contribution < -0.4 is 5.32 Å². The van der Waals surface area contributed by atoms with Crippen LogP contribution in [-0.2, 0) is 0 Å². The smallest absolute Gasteiger partial charge is 0.157 e. The van der Waals surface area contributed by atoms with Gasteiger partial charge in [0, 0.05) is 11.3 Å². The van der Waals surface area contributed by atoms with Crippen molar-refractivity contribution in [1.29, 1.82) is 0 Å². The van der Waals surface area contributed by atoms with E-state index in [2.05, 4.69) is 26.1 Å². The summed E-state index contributed by atoms with van der Waals surface area (Å²) in [6.45, 7) is 8.51. The first-order valence-corrected chi connectivity index (χ1v) is 7.62. The Morgan fingerprint density at radius 2 is 2.17 bits per heavy atom. The van der Waals surface area contributed by atoms with Crippen molar-refractivity contribution < 1.29 is 4.42 Å². The van der Waals surface area contributed by atoms with E-state index in [0.29, 0.717) is 0 Å². The van der Waals surface area contributed by atoms with Crippen molar-refractivity contribution in [2.24, 2.45) is 4.99 Å². The summed E-state index contributed by atoms with van der Waals surface area (Å²) >= 11 is 1.83. The molecule has 2 heterocycles. The average molecular weight is 266 g/mol.